The van der Waals surface area contributed by atoms with Crippen molar-refractivity contribution >= 4 is 17.1 Å². The highest BCUT2D eigenvalue weighted by molar-refractivity contribution is 5.96. The summed E-state index contributed by atoms with van der Waals surface area (Å²) in [4.78, 5) is 29.2. The third-order valence-electron chi connectivity index (χ3n) is 5.44. The molecule has 4 rings (SSSR count). The number of carbonyl (C=O) groups excluding carboxylic acids is 1. The Balaban J connectivity index is 1.70. The maximum atomic E-state index is 13.7. The van der Waals surface area contributed by atoms with Gasteiger partial charge in [0.25, 0.3) is 5.69 Å². The number of non-ortho nitro benzene ring substituents is 1. The van der Waals surface area contributed by atoms with Crippen LogP contribution in [0, 0.1) is 10.1 Å². The van der Waals surface area contributed by atoms with Gasteiger partial charge in [0.2, 0.25) is 0 Å². The first-order valence-electron chi connectivity index (χ1n) is 10.2. The quantitative estimate of drug-likeness (QED) is 0.327. The molecule has 0 N–H and O–H groups in total. The summed E-state index contributed by atoms with van der Waals surface area (Å²) >= 11 is 0. The van der Waals surface area contributed by atoms with Crippen LogP contribution in [-0.4, -0.2) is 49.8 Å². The van der Waals surface area contributed by atoms with E-state index in [4.69, 9.17) is 0 Å². The summed E-state index contributed by atoms with van der Waals surface area (Å²) in [6.07, 6.45) is -0.575. The minimum atomic E-state index is -4.74. The van der Waals surface area contributed by atoms with E-state index in [9.17, 15) is 28.1 Å². The van der Waals surface area contributed by atoms with Crippen molar-refractivity contribution in [1.82, 2.24) is 19.5 Å². The first-order chi connectivity index (χ1) is 15.2. The number of aromatic nitrogens is 3. The standard InChI is InChI=1S/C21H20F3N5O3/c22-21(23,24)19-11-16(14-5-7-15(8-6-14)29(31)32)25-20-12-17(26-28(19)20)18(30)13-27-9-3-1-2-4-10-27/h5-8,11-12H,1-4,9-10,13H2. The smallest absolute Gasteiger partial charge is 0.296 e. The molecule has 11 heteroatoms. The van der Waals surface area contributed by atoms with Crippen molar-refractivity contribution in [2.45, 2.75) is 31.9 Å². The van der Waals surface area contributed by atoms with Crippen molar-refractivity contribution in [2.75, 3.05) is 19.6 Å². The molecule has 32 heavy (non-hydrogen) atoms. The molecular weight excluding hydrogens is 427 g/mol. The van der Waals surface area contributed by atoms with E-state index in [1.165, 1.54) is 30.3 Å². The number of halogens is 3. The Morgan fingerprint density at radius 1 is 1.06 bits per heavy atom. The fourth-order valence-corrected chi connectivity index (χ4v) is 3.79. The normalized spacial score (nSPS) is 15.6. The van der Waals surface area contributed by atoms with Crippen LogP contribution in [0.15, 0.2) is 36.4 Å². The van der Waals surface area contributed by atoms with Crippen LogP contribution in [-0.2, 0) is 6.18 Å². The van der Waals surface area contributed by atoms with Crippen LogP contribution in [0.3, 0.4) is 0 Å². The summed E-state index contributed by atoms with van der Waals surface area (Å²) in [5, 5.41) is 14.7. The second-order valence-electron chi connectivity index (χ2n) is 7.74. The zero-order valence-electron chi connectivity index (χ0n) is 17.0. The van der Waals surface area contributed by atoms with E-state index in [1.807, 2.05) is 4.90 Å². The van der Waals surface area contributed by atoms with Gasteiger partial charge >= 0.3 is 6.18 Å². The topological polar surface area (TPSA) is 93.6 Å². The van der Waals surface area contributed by atoms with E-state index in [-0.39, 0.29) is 40.6 Å². The van der Waals surface area contributed by atoms with Gasteiger partial charge in [-0.25, -0.2) is 9.50 Å². The summed E-state index contributed by atoms with van der Waals surface area (Å²) in [5.41, 5.74) is -1.20. The molecule has 0 saturated carbocycles. The molecule has 1 fully saturated rings. The third kappa shape index (κ3) is 4.62. The van der Waals surface area contributed by atoms with Crippen LogP contribution in [0.1, 0.15) is 41.9 Å². The highest BCUT2D eigenvalue weighted by Gasteiger charge is 2.35. The van der Waals surface area contributed by atoms with Crippen LogP contribution in [0.5, 0.6) is 0 Å². The van der Waals surface area contributed by atoms with Crippen LogP contribution < -0.4 is 0 Å². The lowest BCUT2D eigenvalue weighted by Gasteiger charge is -2.17. The summed E-state index contributed by atoms with van der Waals surface area (Å²) in [5.74, 6) is -0.359. The Morgan fingerprint density at radius 3 is 2.31 bits per heavy atom. The minimum absolute atomic E-state index is 0.0221. The fraction of sp³-hybridized carbons (Fsp3) is 0.381. The third-order valence-corrected chi connectivity index (χ3v) is 5.44. The van der Waals surface area contributed by atoms with Crippen molar-refractivity contribution in [3.05, 3.63) is 57.9 Å². The Labute approximate surface area is 180 Å². The molecule has 3 aromatic rings. The molecule has 0 bridgehead atoms. The van der Waals surface area contributed by atoms with Gasteiger partial charge in [-0.15, -0.1) is 0 Å². The number of likely N-dealkylation sites (tertiary alicyclic amines) is 1. The molecular formula is C21H20F3N5O3. The van der Waals surface area contributed by atoms with Crippen molar-refractivity contribution in [2.24, 2.45) is 0 Å². The Bertz CT molecular complexity index is 1150. The van der Waals surface area contributed by atoms with Gasteiger partial charge in [-0.05, 0) is 44.1 Å². The molecule has 0 spiro atoms. The van der Waals surface area contributed by atoms with Gasteiger partial charge in [0, 0.05) is 23.8 Å². The van der Waals surface area contributed by atoms with Gasteiger partial charge in [-0.2, -0.15) is 18.3 Å². The first kappa shape index (κ1) is 21.9. The van der Waals surface area contributed by atoms with E-state index in [0.29, 0.717) is 4.52 Å². The fourth-order valence-electron chi connectivity index (χ4n) is 3.79. The maximum Gasteiger partial charge on any atom is 0.433 e. The molecule has 0 aliphatic carbocycles. The maximum absolute atomic E-state index is 13.7. The number of Topliss-reactive ketones (excluding diaryl/α,β-unsaturated/α-hetero) is 1. The monoisotopic (exact) mass is 447 g/mol. The van der Waals surface area contributed by atoms with Gasteiger partial charge < -0.3 is 0 Å². The van der Waals surface area contributed by atoms with Crippen molar-refractivity contribution < 1.29 is 22.9 Å². The summed E-state index contributed by atoms with van der Waals surface area (Å²) in [6, 6.07) is 7.13. The van der Waals surface area contributed by atoms with E-state index in [1.54, 1.807) is 0 Å². The highest BCUT2D eigenvalue weighted by Crippen LogP contribution is 2.32. The lowest BCUT2D eigenvalue weighted by molar-refractivity contribution is -0.384. The van der Waals surface area contributed by atoms with Crippen molar-refractivity contribution in [3.63, 3.8) is 0 Å². The second kappa shape index (κ2) is 8.65. The Hall–Kier alpha value is -3.34. The summed E-state index contributed by atoms with van der Waals surface area (Å²) in [7, 11) is 0. The summed E-state index contributed by atoms with van der Waals surface area (Å²) < 4.78 is 41.9. The molecule has 1 aliphatic rings. The molecule has 168 valence electrons. The zero-order valence-corrected chi connectivity index (χ0v) is 17.0. The molecule has 1 aliphatic heterocycles. The molecule has 3 heterocycles. The zero-order chi connectivity index (χ0) is 22.9. The van der Waals surface area contributed by atoms with Gasteiger partial charge in [0.1, 0.15) is 5.69 Å². The minimum Gasteiger partial charge on any atom is -0.296 e. The number of rotatable bonds is 5. The van der Waals surface area contributed by atoms with E-state index in [2.05, 4.69) is 10.1 Å². The number of hydrogen-bond acceptors (Lipinski definition) is 6. The van der Waals surface area contributed by atoms with Gasteiger partial charge in [-0.3, -0.25) is 19.8 Å². The van der Waals surface area contributed by atoms with Gasteiger partial charge in [0.15, 0.2) is 17.1 Å². The number of benzene rings is 1. The lowest BCUT2D eigenvalue weighted by Crippen LogP contribution is -2.31. The lowest BCUT2D eigenvalue weighted by atomic mass is 10.1. The van der Waals surface area contributed by atoms with Crippen LogP contribution in [0.2, 0.25) is 0 Å². The molecule has 0 atom stereocenters. The van der Waals surface area contributed by atoms with Gasteiger partial charge in [0.05, 0.1) is 17.2 Å². The number of alkyl halides is 3. The van der Waals surface area contributed by atoms with E-state index in [0.717, 1.165) is 44.8 Å². The predicted molar refractivity (Wildman–Crippen MR) is 109 cm³/mol. The number of nitro groups is 1. The van der Waals surface area contributed by atoms with Crippen LogP contribution >= 0.6 is 0 Å². The van der Waals surface area contributed by atoms with Crippen molar-refractivity contribution in [1.29, 1.82) is 0 Å². The van der Waals surface area contributed by atoms with Crippen LogP contribution in [0.25, 0.3) is 16.9 Å². The number of nitrogens with zero attached hydrogens (tertiary/aromatic N) is 5. The number of nitro benzene ring substituents is 1. The average Bonchev–Trinajstić information content (AvgIpc) is 3.02. The number of carbonyl (C=O) groups is 1. The molecule has 0 amide bonds. The molecule has 1 aromatic carbocycles. The van der Waals surface area contributed by atoms with Crippen molar-refractivity contribution in [3.8, 4) is 11.3 Å². The van der Waals surface area contributed by atoms with E-state index < -0.39 is 16.8 Å². The summed E-state index contributed by atoms with van der Waals surface area (Å²) in [6.45, 7) is 1.64. The largest absolute Gasteiger partial charge is 0.433 e. The predicted octanol–water partition coefficient (Wildman–Crippen LogP) is 4.38. The molecule has 2 aromatic heterocycles. The molecule has 0 radical (unpaired) electrons. The number of hydrogen-bond donors (Lipinski definition) is 0. The van der Waals surface area contributed by atoms with E-state index >= 15 is 0 Å². The molecule has 1 saturated heterocycles. The Morgan fingerprint density at radius 2 is 1.72 bits per heavy atom. The van der Waals surface area contributed by atoms with Gasteiger partial charge in [-0.1, -0.05) is 12.8 Å². The average molecular weight is 447 g/mol. The highest BCUT2D eigenvalue weighted by atomic mass is 19.4. The SMILES string of the molecule is O=C(CN1CCCCCC1)c1cc2nc(-c3ccc([N+](=O)[O-])cc3)cc(C(F)(F)F)n2n1. The molecule has 8 nitrogen and oxygen atoms in total. The number of ketones is 1. The molecule has 0 unspecified atom stereocenters. The number of fused-ring (bicyclic) bond motifs is 1. The Kier molecular flexibility index (Phi) is 5.92. The van der Waals surface area contributed by atoms with Crippen LogP contribution in [0.4, 0.5) is 18.9 Å². The second-order valence-corrected chi connectivity index (χ2v) is 7.74. The first-order valence-corrected chi connectivity index (χ1v) is 10.2.